The lowest BCUT2D eigenvalue weighted by atomic mass is 10.1. The molecule has 1 aliphatic heterocycles. The van der Waals surface area contributed by atoms with Crippen LogP contribution in [0, 0.1) is 0 Å². The summed E-state index contributed by atoms with van der Waals surface area (Å²) in [5.74, 6) is -1.30. The molecule has 3 rings (SSSR count). The van der Waals surface area contributed by atoms with Crippen LogP contribution in [0.1, 0.15) is 56.5 Å². The number of fused-ring (bicyclic) bond motifs is 1. The summed E-state index contributed by atoms with van der Waals surface area (Å²) in [6.07, 6.45) is 0.0351. The quantitative estimate of drug-likeness (QED) is 0.526. The van der Waals surface area contributed by atoms with Crippen LogP contribution in [0.4, 0.5) is 0 Å². The topological polar surface area (TPSA) is 104 Å². The highest BCUT2D eigenvalue weighted by molar-refractivity contribution is 7.90. The number of hydrogen-bond donors (Lipinski definition) is 1. The van der Waals surface area contributed by atoms with Crippen molar-refractivity contribution in [1.29, 1.82) is 0 Å². The van der Waals surface area contributed by atoms with Gasteiger partial charge in [0.25, 0.3) is 15.9 Å². The molecular formula is C25H29Cl2N3O5S. The first-order valence-corrected chi connectivity index (χ1v) is 13.6. The second-order valence-electron chi connectivity index (χ2n) is 9.67. The van der Waals surface area contributed by atoms with Crippen molar-refractivity contribution in [3.05, 3.63) is 63.6 Å². The van der Waals surface area contributed by atoms with Crippen molar-refractivity contribution < 1.29 is 22.8 Å². The summed E-state index contributed by atoms with van der Waals surface area (Å²) in [5.41, 5.74) is 0.307. The number of amides is 3. The molecule has 194 valence electrons. The smallest absolute Gasteiger partial charge is 0.269 e. The van der Waals surface area contributed by atoms with E-state index in [-0.39, 0.29) is 48.2 Å². The fourth-order valence-electron chi connectivity index (χ4n) is 3.86. The number of benzene rings is 2. The molecule has 0 spiro atoms. The lowest BCUT2D eigenvalue weighted by Gasteiger charge is -2.31. The molecule has 0 fully saturated rings. The van der Waals surface area contributed by atoms with Crippen molar-refractivity contribution in [3.63, 3.8) is 0 Å². The summed E-state index contributed by atoms with van der Waals surface area (Å²) >= 11 is 12.1. The molecule has 0 bridgehead atoms. The van der Waals surface area contributed by atoms with Crippen molar-refractivity contribution in [2.24, 2.45) is 0 Å². The maximum atomic E-state index is 13.3. The normalized spacial score (nSPS) is 15.4. The predicted molar refractivity (Wildman–Crippen MR) is 138 cm³/mol. The Morgan fingerprint density at radius 3 is 2.36 bits per heavy atom. The number of carbonyl (C=O) groups excluding carboxylic acids is 3. The molecule has 2 aromatic rings. The van der Waals surface area contributed by atoms with Crippen molar-refractivity contribution in [2.75, 3.05) is 6.54 Å². The first-order chi connectivity index (χ1) is 16.7. The lowest BCUT2D eigenvalue weighted by molar-refractivity contribution is -0.141. The predicted octanol–water partition coefficient (Wildman–Crippen LogP) is 4.25. The summed E-state index contributed by atoms with van der Waals surface area (Å²) < 4.78 is 26.3. The Labute approximate surface area is 221 Å². The van der Waals surface area contributed by atoms with Crippen LogP contribution in [0.2, 0.25) is 10.0 Å². The highest BCUT2D eigenvalue weighted by atomic mass is 35.5. The summed E-state index contributed by atoms with van der Waals surface area (Å²) in [6, 6.07) is 10.2. The van der Waals surface area contributed by atoms with E-state index in [4.69, 9.17) is 23.2 Å². The Morgan fingerprint density at radius 1 is 1.08 bits per heavy atom. The second kappa shape index (κ2) is 10.8. The number of sulfonamides is 1. The molecule has 1 atom stereocenters. The van der Waals surface area contributed by atoms with E-state index in [1.54, 1.807) is 37.3 Å². The average molecular weight is 554 g/mol. The number of rotatable bonds is 8. The minimum absolute atomic E-state index is 0.0324. The molecule has 2 aromatic carbocycles. The lowest BCUT2D eigenvalue weighted by Crippen LogP contribution is -2.52. The van der Waals surface area contributed by atoms with E-state index in [9.17, 15) is 22.8 Å². The second-order valence-corrected chi connectivity index (χ2v) is 12.3. The van der Waals surface area contributed by atoms with Gasteiger partial charge in [-0.2, -0.15) is 0 Å². The summed E-state index contributed by atoms with van der Waals surface area (Å²) in [5, 5.41) is 3.57. The Bertz CT molecular complexity index is 1290. The van der Waals surface area contributed by atoms with E-state index in [2.05, 4.69) is 5.32 Å². The van der Waals surface area contributed by atoms with Gasteiger partial charge in [-0.15, -0.1) is 0 Å². The van der Waals surface area contributed by atoms with Crippen LogP contribution in [0.3, 0.4) is 0 Å². The van der Waals surface area contributed by atoms with Crippen molar-refractivity contribution in [1.82, 2.24) is 14.5 Å². The third-order valence-electron chi connectivity index (χ3n) is 5.67. The van der Waals surface area contributed by atoms with Crippen LogP contribution in [0.5, 0.6) is 0 Å². The van der Waals surface area contributed by atoms with Gasteiger partial charge in [0, 0.05) is 25.0 Å². The molecule has 0 aromatic heterocycles. The van der Waals surface area contributed by atoms with E-state index in [1.807, 2.05) is 20.8 Å². The fraction of sp³-hybridized carbons (Fsp3) is 0.400. The number of nitrogens with zero attached hydrogens (tertiary/aromatic N) is 2. The average Bonchev–Trinajstić information content (AvgIpc) is 2.98. The molecular weight excluding hydrogens is 525 g/mol. The third-order valence-corrected chi connectivity index (χ3v) is 8.25. The van der Waals surface area contributed by atoms with E-state index in [0.717, 1.165) is 4.31 Å². The largest absolute Gasteiger partial charge is 0.350 e. The zero-order valence-corrected chi connectivity index (χ0v) is 22.9. The fourth-order valence-corrected chi connectivity index (χ4v) is 5.79. The number of nitrogens with one attached hydrogen (secondary N) is 1. The van der Waals surface area contributed by atoms with Gasteiger partial charge in [0.2, 0.25) is 11.8 Å². The number of hydrogen-bond acceptors (Lipinski definition) is 5. The highest BCUT2D eigenvalue weighted by Gasteiger charge is 2.40. The van der Waals surface area contributed by atoms with E-state index in [0.29, 0.717) is 15.6 Å². The number of halogens is 2. The summed E-state index contributed by atoms with van der Waals surface area (Å²) in [7, 11) is -3.95. The molecule has 0 saturated heterocycles. The van der Waals surface area contributed by atoms with Gasteiger partial charge in [-0.25, -0.2) is 12.7 Å². The third kappa shape index (κ3) is 6.19. The maximum absolute atomic E-state index is 13.3. The molecule has 0 saturated carbocycles. The first kappa shape index (κ1) is 28.0. The van der Waals surface area contributed by atoms with E-state index >= 15 is 0 Å². The Balaban J connectivity index is 1.74. The molecule has 11 heteroatoms. The van der Waals surface area contributed by atoms with Gasteiger partial charge in [-0.3, -0.25) is 14.4 Å². The molecule has 8 nitrogen and oxygen atoms in total. The van der Waals surface area contributed by atoms with Gasteiger partial charge in [0.15, 0.2) is 0 Å². The zero-order chi connectivity index (χ0) is 26.8. The molecule has 1 N–H and O–H groups in total. The molecule has 0 unspecified atom stereocenters. The van der Waals surface area contributed by atoms with Gasteiger partial charge >= 0.3 is 0 Å². The van der Waals surface area contributed by atoms with Gasteiger partial charge in [-0.1, -0.05) is 41.4 Å². The van der Waals surface area contributed by atoms with Crippen molar-refractivity contribution in [3.8, 4) is 0 Å². The summed E-state index contributed by atoms with van der Waals surface area (Å²) in [4.78, 5) is 40.2. The van der Waals surface area contributed by atoms with Crippen LogP contribution in [0.25, 0.3) is 0 Å². The van der Waals surface area contributed by atoms with Crippen LogP contribution in [0.15, 0.2) is 47.4 Å². The monoisotopic (exact) mass is 553 g/mol. The van der Waals surface area contributed by atoms with E-state index in [1.165, 1.54) is 17.0 Å². The maximum Gasteiger partial charge on any atom is 0.269 e. The Kier molecular flexibility index (Phi) is 8.37. The van der Waals surface area contributed by atoms with Crippen LogP contribution in [-0.2, 0) is 26.2 Å². The molecule has 1 aliphatic rings. The van der Waals surface area contributed by atoms with Crippen LogP contribution in [-0.4, -0.2) is 53.5 Å². The number of carbonyl (C=O) groups is 3. The van der Waals surface area contributed by atoms with Crippen molar-refractivity contribution >= 4 is 50.9 Å². The zero-order valence-electron chi connectivity index (χ0n) is 20.5. The van der Waals surface area contributed by atoms with Gasteiger partial charge in [-0.05, 0) is 63.9 Å². The van der Waals surface area contributed by atoms with Crippen LogP contribution >= 0.6 is 23.2 Å². The van der Waals surface area contributed by atoms with Crippen molar-refractivity contribution in [2.45, 2.75) is 63.6 Å². The molecule has 0 aliphatic carbocycles. The van der Waals surface area contributed by atoms with Gasteiger partial charge in [0.1, 0.15) is 10.9 Å². The van der Waals surface area contributed by atoms with Gasteiger partial charge in [0.05, 0.1) is 15.6 Å². The SMILES string of the molecule is C[C@@H](C(=O)NC(C)(C)C)N(Cc1ccc(Cl)c(Cl)c1)C(=O)CCCN1C(=O)c2ccccc2S1(=O)=O. The molecule has 0 radical (unpaired) electrons. The molecule has 36 heavy (non-hydrogen) atoms. The minimum Gasteiger partial charge on any atom is -0.350 e. The molecule has 3 amide bonds. The first-order valence-electron chi connectivity index (χ1n) is 11.4. The molecule has 1 heterocycles. The summed E-state index contributed by atoms with van der Waals surface area (Å²) in [6.45, 7) is 7.10. The van der Waals surface area contributed by atoms with E-state index < -0.39 is 27.5 Å². The van der Waals surface area contributed by atoms with Crippen LogP contribution < -0.4 is 5.32 Å². The highest BCUT2D eigenvalue weighted by Crippen LogP contribution is 2.30. The Hall–Kier alpha value is -2.62. The standard InChI is InChI=1S/C25H29Cl2N3O5S/c1-16(23(32)28-25(2,3)4)29(15-17-11-12-19(26)20(27)14-17)22(31)10-7-13-30-24(33)18-8-5-6-9-21(18)36(30,34)35/h5-6,8-9,11-12,14,16H,7,10,13,15H2,1-4H3,(H,28,32)/t16-/m0/s1. The minimum atomic E-state index is -3.95. The van der Waals surface area contributed by atoms with Gasteiger partial charge < -0.3 is 10.2 Å². The Morgan fingerprint density at radius 2 is 1.75 bits per heavy atom.